The fourth-order valence-corrected chi connectivity index (χ4v) is 2.01. The van der Waals surface area contributed by atoms with Gasteiger partial charge in [0.25, 0.3) is 5.92 Å². The molecule has 0 fully saturated rings. The number of allylic oxidation sites excluding steroid dienone is 2. The normalized spacial score (nSPS) is 30.9. The van der Waals surface area contributed by atoms with Crippen LogP contribution in [0.4, 0.5) is 8.78 Å². The highest BCUT2D eigenvalue weighted by molar-refractivity contribution is 5.00. The average molecular weight is 274 g/mol. The van der Waals surface area contributed by atoms with Crippen molar-refractivity contribution in [2.45, 2.75) is 51.1 Å². The number of alkyl halides is 2. The number of ether oxygens (including phenoxy) is 2. The van der Waals surface area contributed by atoms with E-state index >= 15 is 0 Å². The summed E-state index contributed by atoms with van der Waals surface area (Å²) in [5, 5.41) is 0. The summed E-state index contributed by atoms with van der Waals surface area (Å²) in [6.45, 7) is 2.92. The Morgan fingerprint density at radius 1 is 1.42 bits per heavy atom. The summed E-state index contributed by atoms with van der Waals surface area (Å²) in [6, 6.07) is 0. The first-order valence-electron chi connectivity index (χ1n) is 6.84. The molecule has 2 nitrogen and oxygen atoms in total. The molecule has 0 radical (unpaired) electrons. The lowest BCUT2D eigenvalue weighted by Crippen LogP contribution is -2.16. The highest BCUT2D eigenvalue weighted by atomic mass is 19.3. The summed E-state index contributed by atoms with van der Waals surface area (Å²) in [5.74, 6) is -2.65. The van der Waals surface area contributed by atoms with Crippen molar-refractivity contribution in [3.63, 3.8) is 0 Å². The number of hydrogen-bond donors (Lipinski definition) is 0. The van der Waals surface area contributed by atoms with Crippen molar-refractivity contribution in [3.05, 3.63) is 23.8 Å². The Balaban J connectivity index is 2.61. The van der Waals surface area contributed by atoms with E-state index in [1.807, 2.05) is 6.92 Å². The lowest BCUT2D eigenvalue weighted by molar-refractivity contribution is -0.0133. The molecule has 110 valence electrons. The summed E-state index contributed by atoms with van der Waals surface area (Å²) in [6.07, 6.45) is 7.03. The first-order chi connectivity index (χ1) is 9.03. The summed E-state index contributed by atoms with van der Waals surface area (Å²) in [5.41, 5.74) is 1.14. The third kappa shape index (κ3) is 7.43. The maximum Gasteiger partial charge on any atom is 0.251 e. The van der Waals surface area contributed by atoms with Crippen LogP contribution < -0.4 is 0 Å². The van der Waals surface area contributed by atoms with E-state index in [9.17, 15) is 8.78 Å². The van der Waals surface area contributed by atoms with Crippen molar-refractivity contribution in [1.29, 1.82) is 0 Å². The van der Waals surface area contributed by atoms with Crippen LogP contribution in [0.5, 0.6) is 0 Å². The van der Waals surface area contributed by atoms with Crippen LogP contribution in [0.2, 0.25) is 0 Å². The summed E-state index contributed by atoms with van der Waals surface area (Å²) in [7, 11) is 1.61. The Morgan fingerprint density at radius 3 is 2.95 bits per heavy atom. The molecule has 1 unspecified atom stereocenters. The van der Waals surface area contributed by atoms with Crippen molar-refractivity contribution in [2.24, 2.45) is 0 Å². The Bertz CT molecular complexity index is 311. The first-order valence-corrected chi connectivity index (χ1v) is 6.84. The molecular weight excluding hydrogens is 250 g/mol. The maximum absolute atomic E-state index is 13.5. The van der Waals surface area contributed by atoms with Gasteiger partial charge < -0.3 is 9.47 Å². The Labute approximate surface area is 114 Å². The fraction of sp³-hybridized carbons (Fsp3) is 0.733. The molecule has 1 aliphatic rings. The van der Waals surface area contributed by atoms with E-state index in [-0.39, 0.29) is 18.9 Å². The number of hydrogen-bond acceptors (Lipinski definition) is 2. The molecule has 0 aliphatic carbocycles. The Hall–Kier alpha value is -0.740. The molecule has 0 aromatic heterocycles. The van der Waals surface area contributed by atoms with E-state index in [4.69, 9.17) is 9.47 Å². The molecule has 0 N–H and O–H groups in total. The fourth-order valence-electron chi connectivity index (χ4n) is 2.01. The van der Waals surface area contributed by atoms with Gasteiger partial charge in [0, 0.05) is 26.6 Å². The van der Waals surface area contributed by atoms with E-state index in [0.717, 1.165) is 18.4 Å². The van der Waals surface area contributed by atoms with Crippen LogP contribution in [0.3, 0.4) is 0 Å². The smallest absolute Gasteiger partial charge is 0.251 e. The third-order valence-electron chi connectivity index (χ3n) is 3.17. The van der Waals surface area contributed by atoms with Crippen molar-refractivity contribution in [3.8, 4) is 0 Å². The third-order valence-corrected chi connectivity index (χ3v) is 3.17. The largest absolute Gasteiger partial charge is 0.377 e. The highest BCUT2D eigenvalue weighted by Crippen LogP contribution is 2.25. The Kier molecular flexibility index (Phi) is 7.24. The van der Waals surface area contributed by atoms with Crippen LogP contribution >= 0.6 is 0 Å². The van der Waals surface area contributed by atoms with Gasteiger partial charge in [0.1, 0.15) is 0 Å². The van der Waals surface area contributed by atoms with Gasteiger partial charge >= 0.3 is 0 Å². The zero-order chi connectivity index (χ0) is 14.1. The van der Waals surface area contributed by atoms with E-state index < -0.39 is 5.92 Å². The number of methoxy groups -OCH3 is 1. The lowest BCUT2D eigenvalue weighted by atomic mass is 10.1. The number of halogens is 2. The molecule has 0 spiro atoms. The van der Waals surface area contributed by atoms with Gasteiger partial charge in [-0.3, -0.25) is 0 Å². The molecule has 0 saturated heterocycles. The van der Waals surface area contributed by atoms with Crippen molar-refractivity contribution in [1.82, 2.24) is 0 Å². The second kappa shape index (κ2) is 8.43. The van der Waals surface area contributed by atoms with Crippen LogP contribution in [-0.2, 0) is 9.47 Å². The van der Waals surface area contributed by atoms with Gasteiger partial charge in [-0.25, -0.2) is 8.78 Å². The van der Waals surface area contributed by atoms with Crippen LogP contribution in [0.15, 0.2) is 23.8 Å². The van der Waals surface area contributed by atoms with E-state index in [0.29, 0.717) is 19.6 Å². The molecule has 1 heterocycles. The molecule has 0 amide bonds. The van der Waals surface area contributed by atoms with Gasteiger partial charge in [-0.15, -0.1) is 0 Å². The van der Waals surface area contributed by atoms with Gasteiger partial charge in [-0.1, -0.05) is 23.8 Å². The van der Waals surface area contributed by atoms with Crippen LogP contribution in [0.25, 0.3) is 0 Å². The first kappa shape index (κ1) is 16.3. The molecule has 0 aromatic rings. The molecule has 19 heavy (non-hydrogen) atoms. The summed E-state index contributed by atoms with van der Waals surface area (Å²) >= 11 is 0. The monoisotopic (exact) mass is 274 g/mol. The van der Waals surface area contributed by atoms with Gasteiger partial charge in [-0.05, 0) is 26.2 Å². The van der Waals surface area contributed by atoms with Crippen molar-refractivity contribution < 1.29 is 18.3 Å². The minimum atomic E-state index is -2.65. The molecule has 1 atom stereocenters. The molecule has 0 bridgehead atoms. The van der Waals surface area contributed by atoms with E-state index in [2.05, 4.69) is 6.08 Å². The maximum atomic E-state index is 13.5. The minimum Gasteiger partial charge on any atom is -0.377 e. The Morgan fingerprint density at radius 2 is 2.21 bits per heavy atom. The van der Waals surface area contributed by atoms with Crippen LogP contribution in [0, 0.1) is 0 Å². The second-order valence-corrected chi connectivity index (χ2v) is 5.05. The summed E-state index contributed by atoms with van der Waals surface area (Å²) < 4.78 is 37.7. The summed E-state index contributed by atoms with van der Waals surface area (Å²) in [4.78, 5) is 0. The highest BCUT2D eigenvalue weighted by Gasteiger charge is 2.26. The van der Waals surface area contributed by atoms with Gasteiger partial charge in [-0.2, -0.15) is 0 Å². The molecule has 1 aliphatic heterocycles. The second-order valence-electron chi connectivity index (χ2n) is 5.05. The minimum absolute atomic E-state index is 0.0938. The quantitative estimate of drug-likeness (QED) is 0.670. The van der Waals surface area contributed by atoms with Gasteiger partial charge in [0.2, 0.25) is 0 Å². The van der Waals surface area contributed by atoms with Gasteiger partial charge in [0.15, 0.2) is 0 Å². The standard InChI is InChI=1S/C15H24F2O2/c1-13-6-3-7-14(18-2)8-4-9-15(16,17)10-5-11-19-12-13/h4,6,8,14H,3,5,7,9-12H2,1-2H3/b8-4+,13-6-. The SMILES string of the molecule is COC1/C=C/CC(F)(F)CCCOC/C(C)=C\CC1. The molecular formula is C15H24F2O2. The topological polar surface area (TPSA) is 18.5 Å². The predicted octanol–water partition coefficient (Wildman–Crippen LogP) is 4.12. The average Bonchev–Trinajstić information content (AvgIpc) is 2.35. The van der Waals surface area contributed by atoms with E-state index in [1.54, 1.807) is 13.2 Å². The predicted molar refractivity (Wildman–Crippen MR) is 72.5 cm³/mol. The zero-order valence-corrected chi connectivity index (χ0v) is 11.8. The zero-order valence-electron chi connectivity index (χ0n) is 11.8. The molecule has 1 rings (SSSR count). The number of rotatable bonds is 1. The van der Waals surface area contributed by atoms with E-state index in [1.165, 1.54) is 6.08 Å². The van der Waals surface area contributed by atoms with Crippen LogP contribution in [0.1, 0.15) is 39.0 Å². The van der Waals surface area contributed by atoms with Gasteiger partial charge in [0.05, 0.1) is 12.7 Å². The van der Waals surface area contributed by atoms with Crippen molar-refractivity contribution >= 4 is 0 Å². The molecule has 4 heteroatoms. The van der Waals surface area contributed by atoms with Crippen LogP contribution in [-0.4, -0.2) is 32.4 Å². The van der Waals surface area contributed by atoms with Crippen molar-refractivity contribution in [2.75, 3.05) is 20.3 Å². The molecule has 0 aromatic carbocycles. The lowest BCUT2D eigenvalue weighted by Gasteiger charge is -2.16. The molecule has 0 saturated carbocycles.